The van der Waals surface area contributed by atoms with Gasteiger partial charge in [0, 0.05) is 0 Å². The van der Waals surface area contributed by atoms with E-state index in [2.05, 4.69) is 5.23 Å². The van der Waals surface area contributed by atoms with Gasteiger partial charge in [0.15, 0.2) is 0 Å². The Balaban J connectivity index is 2.44. The van der Waals surface area contributed by atoms with Crippen LogP contribution in [0.5, 0.6) is 0 Å². The lowest BCUT2D eigenvalue weighted by Crippen LogP contribution is -2.45. The first-order valence-electron chi connectivity index (χ1n) is 4.42. The van der Waals surface area contributed by atoms with Gasteiger partial charge in [-0.15, -0.1) is 0 Å². The molecule has 0 aromatic rings. The normalized spacial score (nSPS) is 20.4. The van der Waals surface area contributed by atoms with E-state index in [4.69, 9.17) is 5.11 Å². The lowest BCUT2D eigenvalue weighted by Gasteiger charge is -2.19. The monoisotopic (exact) mass is 182 g/mol. The molecule has 0 aromatic heterocycles. The van der Waals surface area contributed by atoms with E-state index >= 15 is 0 Å². The number of carboxylic acids is 1. The van der Waals surface area contributed by atoms with E-state index in [9.17, 15) is 9.59 Å². The van der Waals surface area contributed by atoms with Crippen molar-refractivity contribution in [3.8, 4) is 0 Å². The Bertz CT molecular complexity index is 206. The van der Waals surface area contributed by atoms with Crippen LogP contribution in [0.1, 0.15) is 19.8 Å². The molecule has 0 bridgehead atoms. The van der Waals surface area contributed by atoms with E-state index < -0.39 is 12.0 Å². The van der Waals surface area contributed by atoms with E-state index in [0.717, 1.165) is 20.3 Å². The van der Waals surface area contributed by atoms with Crippen molar-refractivity contribution in [3.63, 3.8) is 0 Å². The van der Waals surface area contributed by atoms with Crippen LogP contribution in [0.25, 0.3) is 0 Å². The molecule has 0 amide bonds. The number of rotatable bonds is 6. The van der Waals surface area contributed by atoms with Crippen LogP contribution >= 0.6 is 0 Å². The fraction of sp³-hybridized carbons (Fsp3) is 0.750. The van der Waals surface area contributed by atoms with Gasteiger partial charge in [-0.1, -0.05) is 6.92 Å². The lowest BCUT2D eigenvalue weighted by molar-refractivity contribution is -0.140. The molecule has 1 saturated carbocycles. The summed E-state index contributed by atoms with van der Waals surface area (Å²) in [5.41, 5.74) is 0. The standard InChI is InChI=1S/C8H13BNO3/c1-5(6-2-3-6)7(8(12)13)10-9-4-11/h4-7,10H,2-3H2,1H3,(H,12,13). The predicted molar refractivity (Wildman–Crippen MR) is 49.0 cm³/mol. The van der Waals surface area contributed by atoms with E-state index in [1.807, 2.05) is 6.92 Å². The molecule has 1 aliphatic rings. The molecular formula is C8H13BNO3. The maximum Gasteiger partial charge on any atom is 0.319 e. The van der Waals surface area contributed by atoms with Gasteiger partial charge in [-0.05, 0) is 24.7 Å². The van der Waals surface area contributed by atoms with Crippen LogP contribution in [0.3, 0.4) is 0 Å². The Morgan fingerprint density at radius 1 is 1.69 bits per heavy atom. The maximum atomic E-state index is 10.8. The molecule has 1 rings (SSSR count). The van der Waals surface area contributed by atoms with Gasteiger partial charge in [0.2, 0.25) is 0 Å². The summed E-state index contributed by atoms with van der Waals surface area (Å²) in [5.74, 6) is -0.292. The second-order valence-electron chi connectivity index (χ2n) is 3.48. The zero-order valence-electron chi connectivity index (χ0n) is 7.56. The SMILES string of the molecule is CC(C1CC1)C(N[B]C=O)C(=O)O. The molecule has 0 heterocycles. The van der Waals surface area contributed by atoms with Gasteiger partial charge in [-0.2, -0.15) is 0 Å². The summed E-state index contributed by atoms with van der Waals surface area (Å²) in [6.07, 6.45) is 2.77. The molecule has 0 saturated heterocycles. The molecule has 4 nitrogen and oxygen atoms in total. The number of carbonyl (C=O) groups excluding carboxylic acids is 1. The van der Waals surface area contributed by atoms with E-state index in [1.165, 1.54) is 0 Å². The van der Waals surface area contributed by atoms with Crippen molar-refractivity contribution in [2.75, 3.05) is 0 Å². The van der Waals surface area contributed by atoms with Gasteiger partial charge in [-0.25, -0.2) is 0 Å². The Kier molecular flexibility index (Phi) is 3.48. The fourth-order valence-electron chi connectivity index (χ4n) is 1.49. The molecule has 1 fully saturated rings. The van der Waals surface area contributed by atoms with Crippen LogP contribution in [0.2, 0.25) is 0 Å². The quantitative estimate of drug-likeness (QED) is 0.444. The van der Waals surface area contributed by atoms with Crippen molar-refractivity contribution >= 4 is 19.6 Å². The first-order valence-corrected chi connectivity index (χ1v) is 4.42. The second-order valence-corrected chi connectivity index (χ2v) is 3.48. The smallest absolute Gasteiger partial charge is 0.319 e. The van der Waals surface area contributed by atoms with Crippen molar-refractivity contribution in [1.29, 1.82) is 0 Å². The van der Waals surface area contributed by atoms with Crippen molar-refractivity contribution in [1.82, 2.24) is 5.23 Å². The van der Waals surface area contributed by atoms with Crippen LogP contribution in [0, 0.1) is 11.8 Å². The van der Waals surface area contributed by atoms with Gasteiger partial charge in [0.25, 0.3) is 7.41 Å². The number of aliphatic carboxylic acids is 1. The zero-order chi connectivity index (χ0) is 9.84. The topological polar surface area (TPSA) is 66.4 Å². The van der Waals surface area contributed by atoms with Crippen molar-refractivity contribution in [2.24, 2.45) is 11.8 Å². The van der Waals surface area contributed by atoms with Gasteiger partial charge in [0.05, 0.1) is 12.2 Å². The molecular weight excluding hydrogens is 169 g/mol. The number of carbonyl (C=O) groups is 2. The predicted octanol–water partition coefficient (Wildman–Crippen LogP) is -0.115. The average molecular weight is 182 g/mol. The summed E-state index contributed by atoms with van der Waals surface area (Å²) in [7, 11) is 1.15. The highest BCUT2D eigenvalue weighted by molar-refractivity contribution is 6.64. The molecule has 0 aliphatic heterocycles. The third kappa shape index (κ3) is 2.84. The highest BCUT2D eigenvalue weighted by Crippen LogP contribution is 2.38. The Labute approximate surface area is 78.0 Å². The third-order valence-electron chi connectivity index (χ3n) is 2.50. The largest absolute Gasteiger partial charge is 0.480 e. The van der Waals surface area contributed by atoms with Crippen molar-refractivity contribution in [3.05, 3.63) is 0 Å². The zero-order valence-corrected chi connectivity index (χ0v) is 7.56. The Morgan fingerprint density at radius 2 is 2.31 bits per heavy atom. The summed E-state index contributed by atoms with van der Waals surface area (Å²) >= 11 is 0. The highest BCUT2D eigenvalue weighted by Gasteiger charge is 2.36. The molecule has 5 heteroatoms. The Morgan fingerprint density at radius 3 is 2.69 bits per heavy atom. The molecule has 71 valence electrons. The van der Waals surface area contributed by atoms with Crippen LogP contribution in [-0.4, -0.2) is 30.7 Å². The van der Waals surface area contributed by atoms with Gasteiger partial charge >= 0.3 is 5.97 Å². The molecule has 2 N–H and O–H groups in total. The van der Waals surface area contributed by atoms with Crippen molar-refractivity contribution in [2.45, 2.75) is 25.8 Å². The molecule has 0 spiro atoms. The highest BCUT2D eigenvalue weighted by atomic mass is 16.4. The summed E-state index contributed by atoms with van der Waals surface area (Å²) in [4.78, 5) is 20.8. The molecule has 1 radical (unpaired) electrons. The van der Waals surface area contributed by atoms with E-state index in [1.54, 1.807) is 0 Å². The number of hydrogen-bond donors (Lipinski definition) is 2. The van der Waals surface area contributed by atoms with Crippen molar-refractivity contribution < 1.29 is 14.7 Å². The molecule has 2 unspecified atom stereocenters. The van der Waals surface area contributed by atoms with Crippen LogP contribution in [0.4, 0.5) is 0 Å². The summed E-state index contributed by atoms with van der Waals surface area (Å²) in [6.45, 7) is 1.90. The molecule has 1 aliphatic carbocycles. The minimum Gasteiger partial charge on any atom is -0.480 e. The summed E-state index contributed by atoms with van der Waals surface area (Å²) < 4.78 is 0. The Hall–Kier alpha value is -0.835. The van der Waals surface area contributed by atoms with Gasteiger partial charge < -0.3 is 15.1 Å². The van der Waals surface area contributed by atoms with Gasteiger partial charge in [0.1, 0.15) is 0 Å². The first-order chi connectivity index (χ1) is 6.16. The maximum absolute atomic E-state index is 10.8. The second kappa shape index (κ2) is 4.41. The lowest BCUT2D eigenvalue weighted by atomic mass is 9.89. The molecule has 0 aromatic carbocycles. The molecule has 13 heavy (non-hydrogen) atoms. The average Bonchev–Trinajstić information content (AvgIpc) is 2.86. The van der Waals surface area contributed by atoms with E-state index in [0.29, 0.717) is 12.1 Å². The third-order valence-corrected chi connectivity index (χ3v) is 2.50. The van der Waals surface area contributed by atoms with Crippen LogP contribution in [-0.2, 0) is 9.59 Å². The summed E-state index contributed by atoms with van der Waals surface area (Å²) in [6, 6.07) is -0.627. The number of nitrogens with one attached hydrogen (secondary N) is 1. The van der Waals surface area contributed by atoms with Crippen LogP contribution in [0.15, 0.2) is 0 Å². The minimum absolute atomic E-state index is 0.0914. The fourth-order valence-corrected chi connectivity index (χ4v) is 1.49. The van der Waals surface area contributed by atoms with E-state index in [-0.39, 0.29) is 5.92 Å². The first kappa shape index (κ1) is 10.2. The summed E-state index contributed by atoms with van der Waals surface area (Å²) in [5, 5.41) is 11.4. The van der Waals surface area contributed by atoms with Crippen LogP contribution < -0.4 is 5.23 Å². The minimum atomic E-state index is -0.891. The molecule has 2 atom stereocenters. The number of hydrogen-bond acceptors (Lipinski definition) is 3. The van der Waals surface area contributed by atoms with Gasteiger partial charge in [-0.3, -0.25) is 4.79 Å². The number of carboxylic acid groups (broad SMARTS) is 1.